The summed E-state index contributed by atoms with van der Waals surface area (Å²) in [7, 11) is 2.03. The van der Waals surface area contributed by atoms with E-state index in [1.807, 2.05) is 25.2 Å². The number of benzene rings is 1. The van der Waals surface area contributed by atoms with E-state index >= 15 is 0 Å². The third-order valence-corrected chi connectivity index (χ3v) is 3.99. The van der Waals surface area contributed by atoms with Crippen molar-refractivity contribution >= 4 is 34.4 Å². The van der Waals surface area contributed by atoms with Crippen LogP contribution < -0.4 is 0 Å². The molecule has 0 saturated heterocycles. The molecule has 0 radical (unpaired) electrons. The molecule has 0 atom stereocenters. The van der Waals surface area contributed by atoms with Crippen LogP contribution in [0.2, 0.25) is 0 Å². The Balaban J connectivity index is 2.14. The second kappa shape index (κ2) is 5.28. The summed E-state index contributed by atoms with van der Waals surface area (Å²) >= 11 is 2.86. The highest BCUT2D eigenvalue weighted by molar-refractivity contribution is 8.25. The fourth-order valence-corrected chi connectivity index (χ4v) is 2.83. The molecule has 1 aliphatic rings. The number of amidine groups is 1. The van der Waals surface area contributed by atoms with Crippen molar-refractivity contribution in [3.05, 3.63) is 29.8 Å². The molecule has 0 fully saturated rings. The molecule has 1 aromatic carbocycles. The molecule has 3 nitrogen and oxygen atoms in total. The van der Waals surface area contributed by atoms with Gasteiger partial charge in [0, 0.05) is 13.6 Å². The second-order valence-corrected chi connectivity index (χ2v) is 5.44. The van der Waals surface area contributed by atoms with E-state index in [0.717, 1.165) is 22.5 Å². The van der Waals surface area contributed by atoms with Crippen molar-refractivity contribution in [2.24, 2.45) is 4.99 Å². The Kier molecular flexibility index (Phi) is 3.75. The summed E-state index contributed by atoms with van der Waals surface area (Å²) in [4.78, 5) is 6.70. The van der Waals surface area contributed by atoms with Gasteiger partial charge in [0.1, 0.15) is 5.40 Å². The van der Waals surface area contributed by atoms with Crippen molar-refractivity contribution in [2.45, 2.75) is 6.54 Å². The first kappa shape index (κ1) is 11.4. The third kappa shape index (κ3) is 2.52. The summed E-state index contributed by atoms with van der Waals surface area (Å²) in [5.41, 5.74) is 2.30. The van der Waals surface area contributed by atoms with Gasteiger partial charge in [0.25, 0.3) is 0 Å². The molecule has 0 spiro atoms. The number of aliphatic imine (C=N–C) groups is 1. The van der Waals surface area contributed by atoms with Gasteiger partial charge < -0.3 is 4.90 Å². The van der Waals surface area contributed by atoms with E-state index in [0.29, 0.717) is 0 Å². The van der Waals surface area contributed by atoms with E-state index in [2.05, 4.69) is 21.4 Å². The van der Waals surface area contributed by atoms with Crippen LogP contribution in [0, 0.1) is 10.7 Å². The van der Waals surface area contributed by atoms with Gasteiger partial charge in [-0.3, -0.25) is 0 Å². The topological polar surface area (TPSA) is 39.4 Å². The number of hydrogen-bond donors (Lipinski definition) is 0. The molecule has 0 unspecified atom stereocenters. The van der Waals surface area contributed by atoms with Crippen molar-refractivity contribution in [1.29, 1.82) is 5.26 Å². The van der Waals surface area contributed by atoms with E-state index in [-0.39, 0.29) is 0 Å². The number of hydrogen-bond acceptors (Lipinski definition) is 5. The minimum absolute atomic E-state index is 0.724. The first-order chi connectivity index (χ1) is 7.81. The molecule has 0 amide bonds. The molecule has 0 N–H and O–H groups in total. The summed E-state index contributed by atoms with van der Waals surface area (Å²) in [6, 6.07) is 8.16. The number of rotatable bonds is 2. The molecule has 0 saturated carbocycles. The van der Waals surface area contributed by atoms with Crippen LogP contribution in [0.15, 0.2) is 29.3 Å². The predicted molar refractivity (Wildman–Crippen MR) is 70.7 cm³/mol. The molecule has 0 aromatic heterocycles. The summed E-state index contributed by atoms with van der Waals surface area (Å²) in [6.07, 6.45) is 0. The summed E-state index contributed by atoms with van der Waals surface area (Å²) in [6.45, 7) is 0.888. The molecule has 82 valence electrons. The lowest BCUT2D eigenvalue weighted by atomic mass is 10.1. The van der Waals surface area contributed by atoms with Crippen LogP contribution in [0.25, 0.3) is 0 Å². The van der Waals surface area contributed by atoms with Crippen LogP contribution in [-0.4, -0.2) is 22.2 Å². The number of fused-ring (bicyclic) bond motifs is 1. The fraction of sp³-hybridized carbons (Fsp3) is 0.273. The highest BCUT2D eigenvalue weighted by atomic mass is 32.2. The van der Waals surface area contributed by atoms with Crippen molar-refractivity contribution < 1.29 is 0 Å². The van der Waals surface area contributed by atoms with Gasteiger partial charge in [-0.05, 0) is 23.4 Å². The van der Waals surface area contributed by atoms with Crippen LogP contribution >= 0.6 is 23.5 Å². The zero-order chi connectivity index (χ0) is 11.4. The SMILES string of the molecule is CN1Cc2ccccc2N=C1SCSC#N. The molecule has 1 aromatic rings. The number of nitrogens with zero attached hydrogens (tertiary/aromatic N) is 3. The van der Waals surface area contributed by atoms with Crippen molar-refractivity contribution in [2.75, 3.05) is 12.1 Å². The number of para-hydroxylation sites is 1. The van der Waals surface area contributed by atoms with Crippen molar-refractivity contribution in [1.82, 2.24) is 4.90 Å². The van der Waals surface area contributed by atoms with E-state index in [1.54, 1.807) is 11.8 Å². The lowest BCUT2D eigenvalue weighted by Gasteiger charge is -2.25. The Morgan fingerprint density at radius 1 is 1.50 bits per heavy atom. The van der Waals surface area contributed by atoms with Gasteiger partial charge in [-0.15, -0.1) is 0 Å². The van der Waals surface area contributed by atoms with Crippen molar-refractivity contribution in [3.8, 4) is 5.40 Å². The minimum Gasteiger partial charge on any atom is -0.350 e. The maximum atomic E-state index is 8.47. The Bertz CT molecular complexity index is 451. The van der Waals surface area contributed by atoms with Gasteiger partial charge in [-0.25, -0.2) is 4.99 Å². The minimum atomic E-state index is 0.724. The van der Waals surface area contributed by atoms with Crippen LogP contribution in [-0.2, 0) is 6.54 Å². The molecule has 1 aliphatic heterocycles. The quantitative estimate of drug-likeness (QED) is 0.459. The maximum absolute atomic E-state index is 8.47. The van der Waals surface area contributed by atoms with Gasteiger partial charge >= 0.3 is 0 Å². The molecule has 0 aliphatic carbocycles. The fourth-order valence-electron chi connectivity index (χ4n) is 1.52. The van der Waals surface area contributed by atoms with E-state index in [4.69, 9.17) is 5.26 Å². The van der Waals surface area contributed by atoms with Crippen LogP contribution in [0.4, 0.5) is 5.69 Å². The number of thioether (sulfide) groups is 2. The molecule has 2 rings (SSSR count). The molecule has 1 heterocycles. The van der Waals surface area contributed by atoms with Gasteiger partial charge in [0.05, 0.1) is 10.8 Å². The zero-order valence-corrected chi connectivity index (χ0v) is 10.5. The Hall–Kier alpha value is -1.12. The summed E-state index contributed by atoms with van der Waals surface area (Å²) < 4.78 is 0. The molecule has 5 heteroatoms. The van der Waals surface area contributed by atoms with Gasteiger partial charge in [0.2, 0.25) is 0 Å². The van der Waals surface area contributed by atoms with Crippen molar-refractivity contribution in [3.63, 3.8) is 0 Å². The van der Waals surface area contributed by atoms with Crippen LogP contribution in [0.1, 0.15) is 5.56 Å². The predicted octanol–water partition coefficient (Wildman–Crippen LogP) is 3.02. The average molecular weight is 249 g/mol. The van der Waals surface area contributed by atoms with Crippen LogP contribution in [0.5, 0.6) is 0 Å². The smallest absolute Gasteiger partial charge is 0.165 e. The van der Waals surface area contributed by atoms with Gasteiger partial charge in [-0.2, -0.15) is 5.26 Å². The monoisotopic (exact) mass is 249 g/mol. The lowest BCUT2D eigenvalue weighted by molar-refractivity contribution is 0.504. The van der Waals surface area contributed by atoms with E-state index < -0.39 is 0 Å². The van der Waals surface area contributed by atoms with Gasteiger partial charge in [-0.1, -0.05) is 30.0 Å². The summed E-state index contributed by atoms with van der Waals surface area (Å²) in [5, 5.41) is 12.2. The standard InChI is InChI=1S/C11H11N3S2/c1-14-6-9-4-2-3-5-10(9)13-11(14)16-8-15-7-12/h2-5H,6,8H2,1H3. The Morgan fingerprint density at radius 2 is 2.31 bits per heavy atom. The Morgan fingerprint density at radius 3 is 3.12 bits per heavy atom. The summed E-state index contributed by atoms with van der Waals surface area (Å²) in [5.74, 6) is 0. The van der Waals surface area contributed by atoms with E-state index in [1.165, 1.54) is 17.3 Å². The first-order valence-corrected chi connectivity index (χ1v) is 6.80. The zero-order valence-electron chi connectivity index (χ0n) is 8.88. The maximum Gasteiger partial charge on any atom is 0.165 e. The molecule has 16 heavy (non-hydrogen) atoms. The normalized spacial score (nSPS) is 14.0. The lowest BCUT2D eigenvalue weighted by Crippen LogP contribution is -2.26. The average Bonchev–Trinajstić information content (AvgIpc) is 2.30. The third-order valence-electron chi connectivity index (χ3n) is 2.25. The first-order valence-electron chi connectivity index (χ1n) is 4.82. The number of nitriles is 1. The molecular weight excluding hydrogens is 238 g/mol. The molecule has 0 bridgehead atoms. The van der Waals surface area contributed by atoms with Gasteiger partial charge in [0.15, 0.2) is 5.17 Å². The number of thiocyanates is 1. The molecular formula is C11H11N3S2. The second-order valence-electron chi connectivity index (χ2n) is 3.38. The largest absolute Gasteiger partial charge is 0.350 e. The Labute approximate surface area is 104 Å². The van der Waals surface area contributed by atoms with Crippen LogP contribution in [0.3, 0.4) is 0 Å². The highest BCUT2D eigenvalue weighted by Gasteiger charge is 2.16. The highest BCUT2D eigenvalue weighted by Crippen LogP contribution is 2.29. The van der Waals surface area contributed by atoms with E-state index in [9.17, 15) is 0 Å².